The molecule has 2 aromatic carbocycles. The molecule has 1 aliphatic carbocycles. The number of carbonyl (C=O) groups is 1. The molecule has 0 heterocycles. The Morgan fingerprint density at radius 1 is 1.17 bits per heavy atom. The molecule has 0 aromatic heterocycles. The van der Waals surface area contributed by atoms with Gasteiger partial charge in [-0.25, -0.2) is 4.79 Å². The van der Waals surface area contributed by atoms with Crippen LogP contribution in [0.25, 0.3) is 10.8 Å². The van der Waals surface area contributed by atoms with Gasteiger partial charge in [-0.3, -0.25) is 0 Å². The van der Waals surface area contributed by atoms with E-state index >= 15 is 0 Å². The van der Waals surface area contributed by atoms with Gasteiger partial charge in [-0.2, -0.15) is 0 Å². The lowest BCUT2D eigenvalue weighted by molar-refractivity contribution is 0.0575. The van der Waals surface area contributed by atoms with Crippen molar-refractivity contribution in [1.82, 2.24) is 4.90 Å². The van der Waals surface area contributed by atoms with Crippen molar-refractivity contribution in [2.45, 2.75) is 31.8 Å². The number of amides is 2. The summed E-state index contributed by atoms with van der Waals surface area (Å²) in [6.45, 7) is 0.598. The van der Waals surface area contributed by atoms with Crippen LogP contribution in [-0.2, 0) is 0 Å². The van der Waals surface area contributed by atoms with Crippen molar-refractivity contribution in [3.05, 3.63) is 42.5 Å². The molecule has 2 unspecified atom stereocenters. The van der Waals surface area contributed by atoms with Crippen LogP contribution in [0.4, 0.5) is 10.5 Å². The van der Waals surface area contributed by atoms with Gasteiger partial charge in [0.05, 0.1) is 6.10 Å². The van der Waals surface area contributed by atoms with Crippen LogP contribution in [0.2, 0.25) is 0 Å². The highest BCUT2D eigenvalue weighted by Crippen LogP contribution is 2.25. The van der Waals surface area contributed by atoms with E-state index in [1.807, 2.05) is 36.4 Å². The Hall–Kier alpha value is -2.07. The summed E-state index contributed by atoms with van der Waals surface area (Å²) in [4.78, 5) is 14.0. The van der Waals surface area contributed by atoms with E-state index in [1.54, 1.807) is 11.9 Å². The van der Waals surface area contributed by atoms with E-state index < -0.39 is 0 Å². The average molecular weight is 312 g/mol. The molecule has 0 saturated heterocycles. The predicted molar refractivity (Wildman–Crippen MR) is 93.6 cm³/mol. The first kappa shape index (κ1) is 15.8. The number of aliphatic hydroxyl groups is 1. The molecule has 23 heavy (non-hydrogen) atoms. The predicted octanol–water partition coefficient (Wildman–Crippen LogP) is 3.85. The average Bonchev–Trinajstić information content (AvgIpc) is 2.56. The SMILES string of the molecule is CN(CC1CCCCC1O)C(=O)Nc1ccc2ccccc2c1. The van der Waals surface area contributed by atoms with E-state index in [0.29, 0.717) is 6.54 Å². The fraction of sp³-hybridized carbons (Fsp3) is 0.421. The number of carbonyl (C=O) groups excluding carboxylic acids is 1. The number of urea groups is 1. The Balaban J connectivity index is 1.62. The largest absolute Gasteiger partial charge is 0.393 e. The van der Waals surface area contributed by atoms with Crippen molar-refractivity contribution in [2.75, 3.05) is 18.9 Å². The maximum atomic E-state index is 12.4. The lowest BCUT2D eigenvalue weighted by Crippen LogP contribution is -2.40. The minimum absolute atomic E-state index is 0.127. The number of hydrogen-bond donors (Lipinski definition) is 2. The van der Waals surface area contributed by atoms with E-state index in [0.717, 1.165) is 42.1 Å². The van der Waals surface area contributed by atoms with Crippen LogP contribution in [0.5, 0.6) is 0 Å². The van der Waals surface area contributed by atoms with Gasteiger partial charge in [0.25, 0.3) is 0 Å². The topological polar surface area (TPSA) is 52.6 Å². The van der Waals surface area contributed by atoms with E-state index in [9.17, 15) is 9.90 Å². The molecule has 1 saturated carbocycles. The van der Waals surface area contributed by atoms with Crippen molar-refractivity contribution < 1.29 is 9.90 Å². The molecule has 4 nitrogen and oxygen atoms in total. The summed E-state index contributed by atoms with van der Waals surface area (Å²) < 4.78 is 0. The summed E-state index contributed by atoms with van der Waals surface area (Å²) in [5, 5.41) is 15.3. The zero-order chi connectivity index (χ0) is 16.2. The van der Waals surface area contributed by atoms with Gasteiger partial charge in [0.1, 0.15) is 0 Å². The zero-order valence-electron chi connectivity index (χ0n) is 13.5. The number of hydrogen-bond acceptors (Lipinski definition) is 2. The number of nitrogens with zero attached hydrogens (tertiary/aromatic N) is 1. The highest BCUT2D eigenvalue weighted by Gasteiger charge is 2.25. The summed E-state index contributed by atoms with van der Waals surface area (Å²) in [5.41, 5.74) is 0.796. The van der Waals surface area contributed by atoms with E-state index in [2.05, 4.69) is 11.4 Å². The molecule has 0 spiro atoms. The van der Waals surface area contributed by atoms with Crippen LogP contribution in [0, 0.1) is 5.92 Å². The van der Waals surface area contributed by atoms with Crippen LogP contribution in [0.3, 0.4) is 0 Å². The molecule has 3 rings (SSSR count). The third kappa shape index (κ3) is 3.82. The van der Waals surface area contributed by atoms with Gasteiger partial charge in [-0.15, -0.1) is 0 Å². The minimum Gasteiger partial charge on any atom is -0.393 e. The quantitative estimate of drug-likeness (QED) is 0.904. The molecule has 2 N–H and O–H groups in total. The third-order valence-corrected chi connectivity index (χ3v) is 4.72. The van der Waals surface area contributed by atoms with E-state index in [4.69, 9.17) is 0 Å². The molecule has 0 aliphatic heterocycles. The molecule has 1 fully saturated rings. The summed E-state index contributed by atoms with van der Waals surface area (Å²) in [7, 11) is 1.79. The Morgan fingerprint density at radius 2 is 1.91 bits per heavy atom. The van der Waals surface area contributed by atoms with Crippen LogP contribution in [-0.4, -0.2) is 35.7 Å². The van der Waals surface area contributed by atoms with Crippen LogP contribution < -0.4 is 5.32 Å². The van der Waals surface area contributed by atoms with E-state index in [-0.39, 0.29) is 18.1 Å². The zero-order valence-corrected chi connectivity index (χ0v) is 13.5. The fourth-order valence-electron chi connectivity index (χ4n) is 3.32. The highest BCUT2D eigenvalue weighted by molar-refractivity contribution is 5.93. The van der Waals surface area contributed by atoms with Crippen molar-refractivity contribution in [3.8, 4) is 0 Å². The van der Waals surface area contributed by atoms with Crippen LogP contribution in [0.1, 0.15) is 25.7 Å². The Kier molecular flexibility index (Phi) is 4.82. The first-order chi connectivity index (χ1) is 11.1. The lowest BCUT2D eigenvalue weighted by Gasteiger charge is -2.31. The first-order valence-electron chi connectivity index (χ1n) is 8.32. The Labute approximate surface area is 137 Å². The maximum absolute atomic E-state index is 12.4. The third-order valence-electron chi connectivity index (χ3n) is 4.72. The van der Waals surface area contributed by atoms with Gasteiger partial charge in [0, 0.05) is 25.2 Å². The van der Waals surface area contributed by atoms with Gasteiger partial charge < -0.3 is 15.3 Å². The number of aliphatic hydroxyl groups excluding tert-OH is 1. The summed E-state index contributed by atoms with van der Waals surface area (Å²) >= 11 is 0. The molecule has 1 aliphatic rings. The molecule has 2 amide bonds. The van der Waals surface area contributed by atoms with Crippen LogP contribution >= 0.6 is 0 Å². The van der Waals surface area contributed by atoms with Crippen molar-refractivity contribution in [1.29, 1.82) is 0 Å². The summed E-state index contributed by atoms with van der Waals surface area (Å²) in [6, 6.07) is 13.9. The number of rotatable bonds is 3. The van der Waals surface area contributed by atoms with Crippen LogP contribution in [0.15, 0.2) is 42.5 Å². The van der Waals surface area contributed by atoms with Crippen molar-refractivity contribution in [3.63, 3.8) is 0 Å². The second kappa shape index (κ2) is 7.01. The maximum Gasteiger partial charge on any atom is 0.321 e. The van der Waals surface area contributed by atoms with Gasteiger partial charge in [-0.05, 0) is 35.7 Å². The molecular weight excluding hydrogens is 288 g/mol. The molecule has 2 aromatic rings. The Bertz CT molecular complexity index is 686. The van der Waals surface area contributed by atoms with E-state index in [1.165, 1.54) is 0 Å². The van der Waals surface area contributed by atoms with Crippen molar-refractivity contribution in [2.24, 2.45) is 5.92 Å². The summed E-state index contributed by atoms with van der Waals surface area (Å²) in [6.07, 6.45) is 3.80. The molecule has 2 atom stereocenters. The normalized spacial score (nSPS) is 21.1. The fourth-order valence-corrected chi connectivity index (χ4v) is 3.32. The van der Waals surface area contributed by atoms with Gasteiger partial charge >= 0.3 is 6.03 Å². The number of fused-ring (bicyclic) bond motifs is 1. The summed E-state index contributed by atoms with van der Waals surface area (Å²) in [5.74, 6) is 0.191. The lowest BCUT2D eigenvalue weighted by atomic mass is 9.86. The number of anilines is 1. The minimum atomic E-state index is -0.278. The van der Waals surface area contributed by atoms with Crippen molar-refractivity contribution >= 4 is 22.5 Å². The number of benzene rings is 2. The Morgan fingerprint density at radius 3 is 2.70 bits per heavy atom. The molecule has 4 heteroatoms. The monoisotopic (exact) mass is 312 g/mol. The van der Waals surface area contributed by atoms with Gasteiger partial charge in [-0.1, -0.05) is 43.2 Å². The smallest absolute Gasteiger partial charge is 0.321 e. The molecule has 0 radical (unpaired) electrons. The first-order valence-corrected chi connectivity index (χ1v) is 8.32. The molecular formula is C19H24N2O2. The second-order valence-corrected chi connectivity index (χ2v) is 6.48. The second-order valence-electron chi connectivity index (χ2n) is 6.48. The standard InChI is InChI=1S/C19H24N2O2/c1-21(13-16-8-4-5-9-18(16)22)19(23)20-17-11-10-14-6-2-3-7-15(14)12-17/h2-3,6-7,10-12,16,18,22H,4-5,8-9,13H2,1H3,(H,20,23). The highest BCUT2D eigenvalue weighted by atomic mass is 16.3. The molecule has 122 valence electrons. The number of nitrogens with one attached hydrogen (secondary N) is 1. The van der Waals surface area contributed by atoms with Gasteiger partial charge in [0.15, 0.2) is 0 Å². The molecule has 0 bridgehead atoms. The van der Waals surface area contributed by atoms with Gasteiger partial charge in [0.2, 0.25) is 0 Å².